The summed E-state index contributed by atoms with van der Waals surface area (Å²) in [6, 6.07) is 13.2. The van der Waals surface area contributed by atoms with Gasteiger partial charge in [-0.1, -0.05) is 12.1 Å². The van der Waals surface area contributed by atoms with Gasteiger partial charge in [-0.15, -0.1) is 0 Å². The average molecular weight is 370 g/mol. The van der Waals surface area contributed by atoms with Gasteiger partial charge in [-0.25, -0.2) is 4.79 Å². The van der Waals surface area contributed by atoms with E-state index in [-0.39, 0.29) is 18.2 Å². The third-order valence-corrected chi connectivity index (χ3v) is 3.77. The molecule has 0 bridgehead atoms. The molecule has 0 atom stereocenters. The molecule has 0 aliphatic rings. The van der Waals surface area contributed by atoms with Crippen LogP contribution in [0.5, 0.6) is 0 Å². The molecule has 0 saturated carbocycles. The Bertz CT molecular complexity index is 785. The van der Waals surface area contributed by atoms with Crippen molar-refractivity contribution in [3.8, 4) is 0 Å². The van der Waals surface area contributed by atoms with Crippen molar-refractivity contribution >= 4 is 23.5 Å². The highest BCUT2D eigenvalue weighted by Gasteiger charge is 2.10. The summed E-state index contributed by atoms with van der Waals surface area (Å²) in [5.74, 6) is -0.838. The van der Waals surface area contributed by atoms with E-state index in [9.17, 15) is 14.4 Å². The molecule has 2 aromatic rings. The largest absolute Gasteiger partial charge is 0.465 e. The van der Waals surface area contributed by atoms with Crippen LogP contribution in [0.4, 0.5) is 5.69 Å². The van der Waals surface area contributed by atoms with Crippen LogP contribution in [-0.4, -0.2) is 45.2 Å². The minimum Gasteiger partial charge on any atom is -0.465 e. The Morgan fingerprint density at radius 1 is 0.889 bits per heavy atom. The molecule has 2 aromatic carbocycles. The van der Waals surface area contributed by atoms with Crippen LogP contribution >= 0.6 is 0 Å². The molecule has 0 aromatic heterocycles. The minimum absolute atomic E-state index is 0.0884. The Morgan fingerprint density at radius 3 is 2.11 bits per heavy atom. The van der Waals surface area contributed by atoms with Crippen molar-refractivity contribution in [3.05, 3.63) is 65.2 Å². The fourth-order valence-corrected chi connectivity index (χ4v) is 2.33. The van der Waals surface area contributed by atoms with E-state index in [0.29, 0.717) is 30.0 Å². The van der Waals surface area contributed by atoms with Gasteiger partial charge in [0.25, 0.3) is 5.91 Å². The van der Waals surface area contributed by atoms with Crippen LogP contribution < -0.4 is 10.6 Å². The quantitative estimate of drug-likeness (QED) is 0.548. The number of ether oxygens (including phenoxy) is 2. The molecular formula is C20H22N2O5. The first kappa shape index (κ1) is 20.1. The first-order valence-electron chi connectivity index (χ1n) is 8.38. The molecule has 142 valence electrons. The number of amides is 2. The summed E-state index contributed by atoms with van der Waals surface area (Å²) < 4.78 is 9.50. The molecule has 0 aliphatic carbocycles. The maximum absolute atomic E-state index is 12.3. The van der Waals surface area contributed by atoms with Crippen molar-refractivity contribution < 1.29 is 23.9 Å². The number of nitrogens with one attached hydrogen (secondary N) is 2. The Kier molecular flexibility index (Phi) is 7.51. The lowest BCUT2D eigenvalue weighted by molar-refractivity contribution is -0.120. The van der Waals surface area contributed by atoms with Gasteiger partial charge in [0.15, 0.2) is 0 Å². The third kappa shape index (κ3) is 6.23. The zero-order chi connectivity index (χ0) is 19.6. The summed E-state index contributed by atoms with van der Waals surface area (Å²) in [6.45, 7) is 0.940. The van der Waals surface area contributed by atoms with Gasteiger partial charge in [-0.05, 0) is 42.0 Å². The van der Waals surface area contributed by atoms with Gasteiger partial charge >= 0.3 is 5.97 Å². The molecule has 0 saturated heterocycles. The second-order valence-corrected chi connectivity index (χ2v) is 5.74. The average Bonchev–Trinajstić information content (AvgIpc) is 2.69. The lowest BCUT2D eigenvalue weighted by Gasteiger charge is -2.08. The van der Waals surface area contributed by atoms with Crippen molar-refractivity contribution in [3.63, 3.8) is 0 Å². The Morgan fingerprint density at radius 2 is 1.52 bits per heavy atom. The van der Waals surface area contributed by atoms with Crippen molar-refractivity contribution in [1.82, 2.24) is 5.32 Å². The van der Waals surface area contributed by atoms with Gasteiger partial charge < -0.3 is 20.1 Å². The Balaban J connectivity index is 1.90. The standard InChI is InChI=1S/C20H22N2O5/c1-26-12-11-21-18(23)13-14-3-9-17(10-4-14)22-19(24)15-5-7-16(8-6-15)20(25)27-2/h3-10H,11-13H2,1-2H3,(H,21,23)(H,22,24). The first-order chi connectivity index (χ1) is 13.0. The molecule has 0 spiro atoms. The highest BCUT2D eigenvalue weighted by Crippen LogP contribution is 2.13. The van der Waals surface area contributed by atoms with Gasteiger partial charge in [0.1, 0.15) is 0 Å². The second-order valence-electron chi connectivity index (χ2n) is 5.74. The maximum atomic E-state index is 12.3. The number of esters is 1. The van der Waals surface area contributed by atoms with E-state index in [1.807, 2.05) is 0 Å². The van der Waals surface area contributed by atoms with Gasteiger partial charge in [0.05, 0.1) is 25.7 Å². The van der Waals surface area contributed by atoms with E-state index in [0.717, 1.165) is 5.56 Å². The van der Waals surface area contributed by atoms with E-state index in [1.54, 1.807) is 43.5 Å². The molecule has 27 heavy (non-hydrogen) atoms. The van der Waals surface area contributed by atoms with Gasteiger partial charge in [0.2, 0.25) is 5.91 Å². The lowest BCUT2D eigenvalue weighted by Crippen LogP contribution is -2.28. The minimum atomic E-state index is -0.455. The molecule has 2 rings (SSSR count). The molecular weight excluding hydrogens is 348 g/mol. The Labute approximate surface area is 157 Å². The fraction of sp³-hybridized carbons (Fsp3) is 0.250. The summed E-state index contributed by atoms with van der Waals surface area (Å²) in [5, 5.41) is 5.52. The molecule has 0 fully saturated rings. The van der Waals surface area contributed by atoms with Gasteiger partial charge in [-0.3, -0.25) is 9.59 Å². The van der Waals surface area contributed by atoms with E-state index in [1.165, 1.54) is 19.2 Å². The summed E-state index contributed by atoms with van der Waals surface area (Å²) in [4.78, 5) is 35.4. The van der Waals surface area contributed by atoms with Crippen molar-refractivity contribution in [2.45, 2.75) is 6.42 Å². The number of carbonyl (C=O) groups is 3. The predicted octanol–water partition coefficient (Wildman–Crippen LogP) is 2.03. The number of methoxy groups -OCH3 is 2. The van der Waals surface area contributed by atoms with Crippen LogP contribution in [0.1, 0.15) is 26.3 Å². The highest BCUT2D eigenvalue weighted by atomic mass is 16.5. The summed E-state index contributed by atoms with van der Waals surface area (Å²) in [7, 11) is 2.88. The summed E-state index contributed by atoms with van der Waals surface area (Å²) in [5.41, 5.74) is 2.25. The zero-order valence-electron chi connectivity index (χ0n) is 15.3. The molecule has 7 nitrogen and oxygen atoms in total. The molecule has 2 N–H and O–H groups in total. The normalized spacial score (nSPS) is 10.1. The number of hydrogen-bond acceptors (Lipinski definition) is 5. The number of rotatable bonds is 8. The summed E-state index contributed by atoms with van der Waals surface area (Å²) in [6.07, 6.45) is 0.257. The van der Waals surface area contributed by atoms with Crippen molar-refractivity contribution in [2.24, 2.45) is 0 Å². The van der Waals surface area contributed by atoms with E-state index >= 15 is 0 Å². The van der Waals surface area contributed by atoms with Crippen LogP contribution in [0.25, 0.3) is 0 Å². The van der Waals surface area contributed by atoms with Crippen LogP contribution in [0.3, 0.4) is 0 Å². The molecule has 2 amide bonds. The van der Waals surface area contributed by atoms with Crippen LogP contribution in [0.2, 0.25) is 0 Å². The number of benzene rings is 2. The first-order valence-corrected chi connectivity index (χ1v) is 8.38. The van der Waals surface area contributed by atoms with Crippen LogP contribution in [-0.2, 0) is 20.7 Å². The molecule has 0 heterocycles. The predicted molar refractivity (Wildman–Crippen MR) is 101 cm³/mol. The molecule has 7 heteroatoms. The van der Waals surface area contributed by atoms with Crippen molar-refractivity contribution in [2.75, 3.05) is 32.7 Å². The fourth-order valence-electron chi connectivity index (χ4n) is 2.33. The van der Waals surface area contributed by atoms with E-state index in [4.69, 9.17) is 4.74 Å². The molecule has 0 unspecified atom stereocenters. The number of anilines is 1. The van der Waals surface area contributed by atoms with Crippen LogP contribution in [0.15, 0.2) is 48.5 Å². The van der Waals surface area contributed by atoms with Gasteiger partial charge in [0, 0.05) is 24.9 Å². The smallest absolute Gasteiger partial charge is 0.337 e. The molecule has 0 aliphatic heterocycles. The van der Waals surface area contributed by atoms with Crippen molar-refractivity contribution in [1.29, 1.82) is 0 Å². The topological polar surface area (TPSA) is 93.7 Å². The van der Waals surface area contributed by atoms with Gasteiger partial charge in [-0.2, -0.15) is 0 Å². The zero-order valence-corrected chi connectivity index (χ0v) is 15.3. The second kappa shape index (κ2) is 10.1. The summed E-state index contributed by atoms with van der Waals surface area (Å²) >= 11 is 0. The molecule has 0 radical (unpaired) electrons. The van der Waals surface area contributed by atoms with E-state index in [2.05, 4.69) is 15.4 Å². The highest BCUT2D eigenvalue weighted by molar-refractivity contribution is 6.04. The SMILES string of the molecule is COCCNC(=O)Cc1ccc(NC(=O)c2ccc(C(=O)OC)cc2)cc1. The monoisotopic (exact) mass is 370 g/mol. The number of carbonyl (C=O) groups excluding carboxylic acids is 3. The lowest BCUT2D eigenvalue weighted by atomic mass is 10.1. The maximum Gasteiger partial charge on any atom is 0.337 e. The Hall–Kier alpha value is -3.19. The van der Waals surface area contributed by atoms with E-state index < -0.39 is 5.97 Å². The van der Waals surface area contributed by atoms with Crippen LogP contribution in [0, 0.1) is 0 Å². The third-order valence-electron chi connectivity index (χ3n) is 3.77. The number of hydrogen-bond donors (Lipinski definition) is 2.